The lowest BCUT2D eigenvalue weighted by molar-refractivity contribution is -0.143. The van der Waals surface area contributed by atoms with Crippen molar-refractivity contribution in [1.82, 2.24) is 5.32 Å². The number of carbonyl (C=O) groups is 2. The first-order valence-corrected chi connectivity index (χ1v) is 36.4. The Balaban J connectivity index is 3.37. The third-order valence-electron chi connectivity index (χ3n) is 16.8. The van der Waals surface area contributed by atoms with Gasteiger partial charge in [0.25, 0.3) is 0 Å². The van der Waals surface area contributed by atoms with E-state index in [9.17, 15) is 19.8 Å². The summed E-state index contributed by atoms with van der Waals surface area (Å²) in [6.07, 6.45) is 92.0. The minimum absolute atomic E-state index is 0.0102. The van der Waals surface area contributed by atoms with Crippen molar-refractivity contribution in [2.45, 2.75) is 405 Å². The van der Waals surface area contributed by atoms with E-state index in [1.54, 1.807) is 6.08 Å². The van der Waals surface area contributed by atoms with Crippen LogP contribution in [0.4, 0.5) is 0 Å². The molecule has 81 heavy (non-hydrogen) atoms. The SMILES string of the molecule is CCCCCC/C=C\C/C=C\CCCCCCCCCC(=O)OCCCCCCCCCCCCCC/C=C\CCCCCCCCCCCCCCCCCC(=O)NC(CO)C(O)/C=C/CCCCCCCCCCCCCCC. The van der Waals surface area contributed by atoms with Crippen molar-refractivity contribution in [2.24, 2.45) is 0 Å². The van der Waals surface area contributed by atoms with Gasteiger partial charge in [-0.25, -0.2) is 0 Å². The van der Waals surface area contributed by atoms with Crippen molar-refractivity contribution in [2.75, 3.05) is 13.2 Å². The van der Waals surface area contributed by atoms with Gasteiger partial charge in [-0.3, -0.25) is 9.59 Å². The van der Waals surface area contributed by atoms with Crippen LogP contribution in [0.5, 0.6) is 0 Å². The summed E-state index contributed by atoms with van der Waals surface area (Å²) in [4.78, 5) is 24.6. The molecule has 0 heterocycles. The highest BCUT2D eigenvalue weighted by Gasteiger charge is 2.18. The van der Waals surface area contributed by atoms with Gasteiger partial charge < -0.3 is 20.3 Å². The molecule has 6 nitrogen and oxygen atoms in total. The lowest BCUT2D eigenvalue weighted by Crippen LogP contribution is -2.45. The summed E-state index contributed by atoms with van der Waals surface area (Å²) >= 11 is 0. The van der Waals surface area contributed by atoms with Gasteiger partial charge in [0.15, 0.2) is 0 Å². The number of esters is 1. The molecule has 0 bridgehead atoms. The quantitative estimate of drug-likeness (QED) is 0.0320. The van der Waals surface area contributed by atoms with Crippen LogP contribution in [-0.2, 0) is 14.3 Å². The maximum atomic E-state index is 12.5. The lowest BCUT2D eigenvalue weighted by atomic mass is 10.0. The second-order valence-corrected chi connectivity index (χ2v) is 24.9. The van der Waals surface area contributed by atoms with Crippen LogP contribution in [-0.4, -0.2) is 47.4 Å². The molecule has 2 unspecified atom stereocenters. The van der Waals surface area contributed by atoms with Gasteiger partial charge in [0.1, 0.15) is 0 Å². The first kappa shape index (κ1) is 78.8. The topological polar surface area (TPSA) is 95.9 Å². The standard InChI is InChI=1S/C75H141NO5/c1-3-5-7-9-11-13-15-17-19-20-37-41-45-49-53-57-61-65-69-75(80)81-70-66-62-58-54-50-46-42-38-35-33-31-29-27-25-23-21-22-24-26-28-30-32-34-36-40-44-48-52-56-60-64-68-74(79)76-72(71-77)73(78)67-63-59-55-51-47-43-39-18-16-14-12-10-8-6-4-2/h13,15,19-20,23,25,63,67,72-73,77-78H,3-12,14,16-18,21-22,24,26-62,64-66,68-71H2,1-2H3,(H,76,79)/b15-13-,20-19-,25-23-,67-63+. The zero-order valence-electron chi connectivity index (χ0n) is 54.5. The third-order valence-corrected chi connectivity index (χ3v) is 16.8. The molecule has 0 aliphatic heterocycles. The Bertz CT molecular complexity index is 1360. The molecule has 3 N–H and O–H groups in total. The van der Waals surface area contributed by atoms with Gasteiger partial charge in [0, 0.05) is 12.8 Å². The molecular weight excluding hydrogens is 995 g/mol. The summed E-state index contributed by atoms with van der Waals surface area (Å²) in [5, 5.41) is 23.2. The van der Waals surface area contributed by atoms with Crippen LogP contribution >= 0.6 is 0 Å². The van der Waals surface area contributed by atoms with Crippen molar-refractivity contribution in [3.63, 3.8) is 0 Å². The largest absolute Gasteiger partial charge is 0.466 e. The molecular formula is C75H141NO5. The van der Waals surface area contributed by atoms with E-state index in [0.717, 1.165) is 51.4 Å². The number of ether oxygens (including phenoxy) is 1. The second kappa shape index (κ2) is 70.3. The number of amides is 1. The van der Waals surface area contributed by atoms with Gasteiger partial charge in [0.2, 0.25) is 5.91 Å². The molecule has 0 aromatic carbocycles. The van der Waals surface area contributed by atoms with Gasteiger partial charge in [-0.2, -0.15) is 0 Å². The lowest BCUT2D eigenvalue weighted by Gasteiger charge is -2.20. The normalized spacial score (nSPS) is 12.8. The molecule has 0 aliphatic rings. The molecule has 0 fully saturated rings. The van der Waals surface area contributed by atoms with Crippen LogP contribution in [0, 0.1) is 0 Å². The number of aliphatic hydroxyl groups excluding tert-OH is 2. The molecule has 0 rings (SSSR count). The van der Waals surface area contributed by atoms with Crippen LogP contribution in [0.3, 0.4) is 0 Å². The molecule has 6 heteroatoms. The maximum absolute atomic E-state index is 12.5. The number of nitrogens with one attached hydrogen (secondary N) is 1. The highest BCUT2D eigenvalue weighted by atomic mass is 16.5. The fourth-order valence-electron chi connectivity index (χ4n) is 11.3. The summed E-state index contributed by atoms with van der Waals surface area (Å²) in [5.41, 5.74) is 0. The maximum Gasteiger partial charge on any atom is 0.305 e. The Morgan fingerprint density at radius 1 is 0.346 bits per heavy atom. The number of hydrogen-bond acceptors (Lipinski definition) is 5. The van der Waals surface area contributed by atoms with Gasteiger partial charge in [-0.05, 0) is 89.9 Å². The van der Waals surface area contributed by atoms with Crippen LogP contribution in [0.15, 0.2) is 48.6 Å². The summed E-state index contributed by atoms with van der Waals surface area (Å²) in [7, 11) is 0. The smallest absolute Gasteiger partial charge is 0.305 e. The van der Waals surface area contributed by atoms with E-state index in [0.29, 0.717) is 19.4 Å². The zero-order valence-corrected chi connectivity index (χ0v) is 54.5. The summed E-state index contributed by atoms with van der Waals surface area (Å²) in [5.74, 6) is -0.0538. The molecule has 476 valence electrons. The van der Waals surface area contributed by atoms with E-state index in [-0.39, 0.29) is 18.5 Å². The highest BCUT2D eigenvalue weighted by molar-refractivity contribution is 5.76. The van der Waals surface area contributed by atoms with Gasteiger partial charge >= 0.3 is 5.97 Å². The fraction of sp³-hybridized carbons (Fsp3) is 0.867. The average Bonchev–Trinajstić information content (AvgIpc) is 3.47. The number of allylic oxidation sites excluding steroid dienone is 7. The zero-order chi connectivity index (χ0) is 58.5. The minimum atomic E-state index is -0.843. The Hall–Kier alpha value is -2.18. The van der Waals surface area contributed by atoms with Crippen molar-refractivity contribution < 1.29 is 24.5 Å². The van der Waals surface area contributed by atoms with E-state index < -0.39 is 12.1 Å². The first-order valence-electron chi connectivity index (χ1n) is 36.4. The van der Waals surface area contributed by atoms with Crippen LogP contribution in [0.25, 0.3) is 0 Å². The molecule has 0 saturated carbocycles. The summed E-state index contributed by atoms with van der Waals surface area (Å²) < 4.78 is 5.50. The highest BCUT2D eigenvalue weighted by Crippen LogP contribution is 2.18. The molecule has 0 aliphatic carbocycles. The van der Waals surface area contributed by atoms with Crippen LogP contribution in [0.1, 0.15) is 393 Å². The molecule has 1 amide bonds. The van der Waals surface area contributed by atoms with E-state index >= 15 is 0 Å². The van der Waals surface area contributed by atoms with Crippen molar-refractivity contribution >= 4 is 11.9 Å². The number of rotatable bonds is 68. The van der Waals surface area contributed by atoms with Gasteiger partial charge in [0.05, 0.1) is 25.4 Å². The number of unbranched alkanes of at least 4 members (excludes halogenated alkanes) is 51. The predicted octanol–water partition coefficient (Wildman–Crippen LogP) is 23.6. The first-order chi connectivity index (χ1) is 40.0. The fourth-order valence-corrected chi connectivity index (χ4v) is 11.3. The molecule has 0 spiro atoms. The summed E-state index contributed by atoms with van der Waals surface area (Å²) in [6, 6.07) is -0.627. The molecule has 0 radical (unpaired) electrons. The Kier molecular flexibility index (Phi) is 68.4. The average molecular weight is 1140 g/mol. The van der Waals surface area contributed by atoms with Crippen molar-refractivity contribution in [3.8, 4) is 0 Å². The van der Waals surface area contributed by atoms with Crippen molar-refractivity contribution in [1.29, 1.82) is 0 Å². The molecule has 0 saturated heterocycles. The molecule has 0 aromatic rings. The van der Waals surface area contributed by atoms with Crippen LogP contribution in [0.2, 0.25) is 0 Å². The van der Waals surface area contributed by atoms with E-state index in [1.165, 1.54) is 315 Å². The van der Waals surface area contributed by atoms with E-state index in [1.807, 2.05) is 6.08 Å². The van der Waals surface area contributed by atoms with Crippen molar-refractivity contribution in [3.05, 3.63) is 48.6 Å². The Labute approximate surface area is 506 Å². The van der Waals surface area contributed by atoms with Gasteiger partial charge in [-0.1, -0.05) is 339 Å². The predicted molar refractivity (Wildman–Crippen MR) is 356 cm³/mol. The second-order valence-electron chi connectivity index (χ2n) is 24.9. The Morgan fingerprint density at radius 3 is 0.963 bits per heavy atom. The number of hydrogen-bond donors (Lipinski definition) is 3. The molecule has 2 atom stereocenters. The van der Waals surface area contributed by atoms with E-state index in [2.05, 4.69) is 55.6 Å². The molecule has 0 aromatic heterocycles. The number of aliphatic hydroxyl groups is 2. The van der Waals surface area contributed by atoms with Gasteiger partial charge in [-0.15, -0.1) is 0 Å². The third kappa shape index (κ3) is 66.8. The number of carbonyl (C=O) groups excluding carboxylic acids is 2. The minimum Gasteiger partial charge on any atom is -0.466 e. The monoisotopic (exact) mass is 1140 g/mol. The van der Waals surface area contributed by atoms with Crippen LogP contribution < -0.4 is 5.32 Å². The summed E-state index contributed by atoms with van der Waals surface area (Å²) in [6.45, 7) is 4.91. The Morgan fingerprint density at radius 2 is 0.617 bits per heavy atom. The van der Waals surface area contributed by atoms with E-state index in [4.69, 9.17) is 4.74 Å².